The first kappa shape index (κ1) is 22.2. The summed E-state index contributed by atoms with van der Waals surface area (Å²) in [5, 5.41) is 10.7. The van der Waals surface area contributed by atoms with Crippen LogP contribution in [0.15, 0.2) is 58.3 Å². The Morgan fingerprint density at radius 2 is 1.60 bits per heavy atom. The summed E-state index contributed by atoms with van der Waals surface area (Å²) in [6, 6.07) is 10.0. The molecule has 1 aliphatic heterocycles. The van der Waals surface area contributed by atoms with Gasteiger partial charge in [0.2, 0.25) is 10.0 Å². The molecule has 1 atom stereocenters. The van der Waals surface area contributed by atoms with Crippen molar-refractivity contribution in [3.05, 3.63) is 58.6 Å². The molecule has 1 heterocycles. The number of rotatable bonds is 7. The van der Waals surface area contributed by atoms with Gasteiger partial charge >= 0.3 is 0 Å². The molecule has 0 saturated carbocycles. The van der Waals surface area contributed by atoms with E-state index in [0.29, 0.717) is 6.54 Å². The van der Waals surface area contributed by atoms with Crippen molar-refractivity contribution in [3.8, 4) is 0 Å². The highest BCUT2D eigenvalue weighted by atomic mass is 32.2. The fraction of sp³-hybridized carbons (Fsp3) is 0.368. The zero-order valence-corrected chi connectivity index (χ0v) is 18.0. The van der Waals surface area contributed by atoms with Crippen LogP contribution in [0, 0.1) is 10.1 Å². The number of nitro benzene ring substituents is 1. The summed E-state index contributed by atoms with van der Waals surface area (Å²) in [4.78, 5) is 10.1. The highest BCUT2D eigenvalue weighted by Crippen LogP contribution is 2.28. The molecule has 0 spiro atoms. The van der Waals surface area contributed by atoms with Gasteiger partial charge in [0.05, 0.1) is 14.7 Å². The second-order valence-electron chi connectivity index (χ2n) is 7.05. The molecule has 1 N–H and O–H groups in total. The van der Waals surface area contributed by atoms with Crippen molar-refractivity contribution in [1.82, 2.24) is 4.31 Å². The minimum Gasteiger partial charge on any atom is -0.280 e. The molecule has 11 heteroatoms. The molecule has 1 saturated heterocycles. The maximum Gasteiger partial charge on any atom is 0.269 e. The highest BCUT2D eigenvalue weighted by Gasteiger charge is 2.32. The van der Waals surface area contributed by atoms with E-state index in [1.165, 1.54) is 28.6 Å². The molecule has 2 aromatic rings. The quantitative estimate of drug-likeness (QED) is 0.506. The Bertz CT molecular complexity index is 1110. The Balaban J connectivity index is 1.79. The smallest absolute Gasteiger partial charge is 0.269 e. The molecule has 162 valence electrons. The average molecular weight is 454 g/mol. The lowest BCUT2D eigenvalue weighted by molar-refractivity contribution is -0.384. The Labute approximate surface area is 176 Å². The van der Waals surface area contributed by atoms with Gasteiger partial charge in [-0.2, -0.15) is 4.31 Å². The number of nitro groups is 1. The lowest BCUT2D eigenvalue weighted by Crippen LogP contribution is -2.43. The zero-order valence-electron chi connectivity index (χ0n) is 16.4. The number of nitrogens with zero attached hydrogens (tertiary/aromatic N) is 2. The lowest BCUT2D eigenvalue weighted by atomic mass is 10.0. The zero-order chi connectivity index (χ0) is 21.9. The van der Waals surface area contributed by atoms with Crippen molar-refractivity contribution in [3.63, 3.8) is 0 Å². The maximum atomic E-state index is 13.0. The van der Waals surface area contributed by atoms with Crippen LogP contribution in [-0.4, -0.2) is 38.7 Å². The van der Waals surface area contributed by atoms with E-state index in [0.717, 1.165) is 49.9 Å². The van der Waals surface area contributed by atoms with Gasteiger partial charge in [-0.05, 0) is 55.7 Å². The third kappa shape index (κ3) is 4.63. The minimum absolute atomic E-state index is 0.0240. The standard InChI is InChI=1S/C19H23N3O6S2/c1-2-16-5-3-4-14-21(16)30(27,28)19-10-6-15(7-11-19)20-29(25,26)18-12-8-17(9-13-18)22(23)24/h6-13,16,20H,2-5,14H2,1H3. The number of benzene rings is 2. The van der Waals surface area contributed by atoms with E-state index in [9.17, 15) is 26.9 Å². The number of nitrogens with one attached hydrogen (secondary N) is 1. The number of sulfonamides is 2. The number of anilines is 1. The van der Waals surface area contributed by atoms with Crippen molar-refractivity contribution >= 4 is 31.4 Å². The molecule has 1 fully saturated rings. The molecular formula is C19H23N3O6S2. The van der Waals surface area contributed by atoms with Crippen LogP contribution in [0.4, 0.5) is 11.4 Å². The Hall–Kier alpha value is -2.50. The van der Waals surface area contributed by atoms with Gasteiger partial charge in [-0.3, -0.25) is 14.8 Å². The molecule has 9 nitrogen and oxygen atoms in total. The molecule has 3 rings (SSSR count). The first-order valence-electron chi connectivity index (χ1n) is 9.54. The molecule has 1 aliphatic rings. The van der Waals surface area contributed by atoms with Crippen LogP contribution in [0.5, 0.6) is 0 Å². The van der Waals surface area contributed by atoms with Crippen LogP contribution in [-0.2, 0) is 20.0 Å². The first-order valence-corrected chi connectivity index (χ1v) is 12.5. The van der Waals surface area contributed by atoms with Gasteiger partial charge in [0, 0.05) is 30.4 Å². The van der Waals surface area contributed by atoms with Gasteiger partial charge in [-0.15, -0.1) is 0 Å². The van der Waals surface area contributed by atoms with Crippen molar-refractivity contribution in [1.29, 1.82) is 0 Å². The summed E-state index contributed by atoms with van der Waals surface area (Å²) in [5.41, 5.74) is -0.0235. The van der Waals surface area contributed by atoms with Gasteiger partial charge in [0.25, 0.3) is 15.7 Å². The summed E-state index contributed by atoms with van der Waals surface area (Å²) < 4.78 is 54.8. The van der Waals surface area contributed by atoms with E-state index in [2.05, 4.69) is 4.72 Å². The predicted molar refractivity (Wildman–Crippen MR) is 112 cm³/mol. The number of hydrogen-bond donors (Lipinski definition) is 1. The number of piperidine rings is 1. The highest BCUT2D eigenvalue weighted by molar-refractivity contribution is 7.92. The van der Waals surface area contributed by atoms with Crippen molar-refractivity contribution in [2.45, 2.75) is 48.4 Å². The van der Waals surface area contributed by atoms with Crippen LogP contribution in [0.1, 0.15) is 32.6 Å². The van der Waals surface area contributed by atoms with Crippen LogP contribution in [0.25, 0.3) is 0 Å². The summed E-state index contributed by atoms with van der Waals surface area (Å²) in [7, 11) is -7.63. The van der Waals surface area contributed by atoms with Crippen LogP contribution >= 0.6 is 0 Å². The molecule has 30 heavy (non-hydrogen) atoms. The van der Waals surface area contributed by atoms with Gasteiger partial charge < -0.3 is 0 Å². The maximum absolute atomic E-state index is 13.0. The van der Waals surface area contributed by atoms with Crippen LogP contribution < -0.4 is 4.72 Å². The average Bonchev–Trinajstić information content (AvgIpc) is 2.74. The molecule has 0 radical (unpaired) electrons. The van der Waals surface area contributed by atoms with Crippen LogP contribution in [0.2, 0.25) is 0 Å². The summed E-state index contributed by atoms with van der Waals surface area (Å²) in [5.74, 6) is 0. The van der Waals surface area contributed by atoms with Gasteiger partial charge in [-0.25, -0.2) is 16.8 Å². The molecule has 0 bridgehead atoms. The third-order valence-electron chi connectivity index (χ3n) is 5.12. The summed E-state index contributed by atoms with van der Waals surface area (Å²) in [6.07, 6.45) is 3.41. The molecule has 0 amide bonds. The van der Waals surface area contributed by atoms with E-state index >= 15 is 0 Å². The normalized spacial score (nSPS) is 18.1. The fourth-order valence-electron chi connectivity index (χ4n) is 3.49. The Morgan fingerprint density at radius 1 is 1.00 bits per heavy atom. The second kappa shape index (κ2) is 8.70. The third-order valence-corrected chi connectivity index (χ3v) is 8.48. The lowest BCUT2D eigenvalue weighted by Gasteiger charge is -2.34. The number of hydrogen-bond acceptors (Lipinski definition) is 6. The van der Waals surface area contributed by atoms with Crippen molar-refractivity contribution in [2.75, 3.05) is 11.3 Å². The SMILES string of the molecule is CCC1CCCCN1S(=O)(=O)c1ccc(NS(=O)(=O)c2ccc([N+](=O)[O-])cc2)cc1. The van der Waals surface area contributed by atoms with Crippen LogP contribution in [0.3, 0.4) is 0 Å². The minimum atomic E-state index is -3.97. The Kier molecular flexibility index (Phi) is 6.44. The largest absolute Gasteiger partial charge is 0.280 e. The summed E-state index contributed by atoms with van der Waals surface area (Å²) >= 11 is 0. The van der Waals surface area contributed by atoms with E-state index in [1.807, 2.05) is 6.92 Å². The van der Waals surface area contributed by atoms with Gasteiger partial charge in [0.15, 0.2) is 0 Å². The van der Waals surface area contributed by atoms with E-state index < -0.39 is 25.0 Å². The molecule has 2 aromatic carbocycles. The van der Waals surface area contributed by atoms with E-state index in [-0.39, 0.29) is 27.2 Å². The van der Waals surface area contributed by atoms with Gasteiger partial charge in [0.1, 0.15) is 0 Å². The Morgan fingerprint density at radius 3 is 2.17 bits per heavy atom. The molecule has 0 aromatic heterocycles. The fourth-order valence-corrected chi connectivity index (χ4v) is 6.32. The van der Waals surface area contributed by atoms with Crippen molar-refractivity contribution < 1.29 is 21.8 Å². The number of non-ortho nitro benzene ring substituents is 1. The van der Waals surface area contributed by atoms with Crippen molar-refractivity contribution in [2.24, 2.45) is 0 Å². The molecular weight excluding hydrogens is 430 g/mol. The second-order valence-corrected chi connectivity index (χ2v) is 10.6. The van der Waals surface area contributed by atoms with E-state index in [1.54, 1.807) is 0 Å². The molecule has 0 aliphatic carbocycles. The van der Waals surface area contributed by atoms with E-state index in [4.69, 9.17) is 0 Å². The predicted octanol–water partition coefficient (Wildman–Crippen LogP) is 3.35. The molecule has 1 unspecified atom stereocenters. The first-order chi connectivity index (χ1) is 14.1. The topological polar surface area (TPSA) is 127 Å². The van der Waals surface area contributed by atoms with Gasteiger partial charge in [-0.1, -0.05) is 13.3 Å². The summed E-state index contributed by atoms with van der Waals surface area (Å²) in [6.45, 7) is 2.45. The monoisotopic (exact) mass is 453 g/mol.